The molecule has 0 aliphatic heterocycles. The van der Waals surface area contributed by atoms with Crippen LogP contribution in [0.3, 0.4) is 0 Å². The Bertz CT molecular complexity index is 649. The molecule has 2 rings (SSSR count). The van der Waals surface area contributed by atoms with Crippen LogP contribution < -0.4 is 5.32 Å². The molecule has 0 spiro atoms. The minimum absolute atomic E-state index is 0.0145. The van der Waals surface area contributed by atoms with Crippen LogP contribution in [0.15, 0.2) is 27.8 Å². The van der Waals surface area contributed by atoms with Crippen molar-refractivity contribution in [2.45, 2.75) is 13.0 Å². The Morgan fingerprint density at radius 2 is 2.25 bits per heavy atom. The first-order valence-electron chi connectivity index (χ1n) is 5.99. The van der Waals surface area contributed by atoms with E-state index in [0.717, 1.165) is 0 Å². The van der Waals surface area contributed by atoms with Crippen LogP contribution in [0.2, 0.25) is 0 Å². The number of hydrogen-bond donors (Lipinski definition) is 3. The molecule has 20 heavy (non-hydrogen) atoms. The van der Waals surface area contributed by atoms with Crippen molar-refractivity contribution in [3.05, 3.63) is 34.4 Å². The van der Waals surface area contributed by atoms with Crippen molar-refractivity contribution >= 4 is 16.9 Å². The number of nitroso groups, excluding NO2 is 1. The average Bonchev–Trinajstić information content (AvgIpc) is 2.73. The van der Waals surface area contributed by atoms with E-state index >= 15 is 0 Å². The maximum Gasteiger partial charge on any atom is 0.255 e. The molecule has 1 aromatic carbocycles. The van der Waals surface area contributed by atoms with Gasteiger partial charge in [0.25, 0.3) is 5.91 Å². The Balaban J connectivity index is 2.36. The van der Waals surface area contributed by atoms with Crippen LogP contribution in [0.4, 0.5) is 0 Å². The molecule has 0 aliphatic rings. The monoisotopic (exact) mass is 278 g/mol. The molecule has 0 fully saturated rings. The second-order valence-corrected chi connectivity index (χ2v) is 4.38. The van der Waals surface area contributed by atoms with E-state index in [1.54, 1.807) is 13.0 Å². The van der Waals surface area contributed by atoms with Gasteiger partial charge in [0, 0.05) is 5.39 Å². The van der Waals surface area contributed by atoms with E-state index < -0.39 is 18.6 Å². The highest BCUT2D eigenvalue weighted by Crippen LogP contribution is 2.28. The number of aliphatic hydroxyl groups is 1. The highest BCUT2D eigenvalue weighted by Gasteiger charge is 2.21. The third kappa shape index (κ3) is 2.62. The number of phenols is 1. The highest BCUT2D eigenvalue weighted by atomic mass is 16.3. The molecule has 2 aromatic rings. The maximum absolute atomic E-state index is 12.2. The Labute approximate surface area is 114 Å². The molecule has 0 bridgehead atoms. The number of fused-ring (bicyclic) bond motifs is 1. The number of aromatic hydroxyl groups is 1. The van der Waals surface area contributed by atoms with Crippen molar-refractivity contribution in [3.8, 4) is 5.75 Å². The van der Waals surface area contributed by atoms with Crippen molar-refractivity contribution in [2.75, 3.05) is 13.2 Å². The zero-order valence-corrected chi connectivity index (χ0v) is 10.8. The fraction of sp³-hybridized carbons (Fsp3) is 0.308. The van der Waals surface area contributed by atoms with Crippen LogP contribution in [0, 0.1) is 11.8 Å². The van der Waals surface area contributed by atoms with Crippen LogP contribution in [0.5, 0.6) is 5.75 Å². The number of amides is 1. The number of carbonyl (C=O) groups excluding carboxylic acids is 1. The number of aliphatic hydroxyl groups excluding tert-OH is 1. The number of nitrogens with zero attached hydrogens (tertiary/aromatic N) is 1. The summed E-state index contributed by atoms with van der Waals surface area (Å²) in [6.07, 6.45) is 0. The quantitative estimate of drug-likeness (QED) is 0.714. The van der Waals surface area contributed by atoms with Gasteiger partial charge in [-0.2, -0.15) is 4.91 Å². The van der Waals surface area contributed by atoms with E-state index in [2.05, 4.69) is 10.5 Å². The standard InChI is InChI=1S/C13H14N2O5/c1-7-12(13(18)15-8(6-16)5-14-19)10-4-9(17)2-3-11(10)20-7/h2-4,8,16-17H,5-6H2,1H3,(H,15,18)/t8-/m1/s1. The smallest absolute Gasteiger partial charge is 0.255 e. The number of carbonyl (C=O) groups is 1. The molecule has 0 aliphatic carbocycles. The summed E-state index contributed by atoms with van der Waals surface area (Å²) in [5.41, 5.74) is 0.736. The molecular weight excluding hydrogens is 264 g/mol. The number of phenolic OH excluding ortho intramolecular Hbond substituents is 1. The van der Waals surface area contributed by atoms with Crippen molar-refractivity contribution in [1.82, 2.24) is 5.32 Å². The molecule has 0 radical (unpaired) electrons. The second-order valence-electron chi connectivity index (χ2n) is 4.38. The first kappa shape index (κ1) is 14.0. The summed E-state index contributed by atoms with van der Waals surface area (Å²) >= 11 is 0. The first-order valence-corrected chi connectivity index (χ1v) is 5.99. The third-order valence-electron chi connectivity index (χ3n) is 2.93. The Hall–Kier alpha value is -2.41. The molecule has 0 saturated carbocycles. The summed E-state index contributed by atoms with van der Waals surface area (Å²) in [6, 6.07) is 3.69. The predicted molar refractivity (Wildman–Crippen MR) is 71.6 cm³/mol. The van der Waals surface area contributed by atoms with Gasteiger partial charge in [-0.1, -0.05) is 5.18 Å². The van der Waals surface area contributed by atoms with Crippen molar-refractivity contribution in [3.63, 3.8) is 0 Å². The lowest BCUT2D eigenvalue weighted by Crippen LogP contribution is -2.39. The number of hydrogen-bond acceptors (Lipinski definition) is 6. The van der Waals surface area contributed by atoms with Gasteiger partial charge in [0.1, 0.15) is 23.6 Å². The van der Waals surface area contributed by atoms with Gasteiger partial charge < -0.3 is 19.9 Å². The number of furan rings is 1. The number of aryl methyl sites for hydroxylation is 1. The molecule has 7 heteroatoms. The minimum Gasteiger partial charge on any atom is -0.508 e. The number of nitrogens with one attached hydrogen (secondary N) is 1. The van der Waals surface area contributed by atoms with Gasteiger partial charge in [0.15, 0.2) is 0 Å². The van der Waals surface area contributed by atoms with E-state index in [0.29, 0.717) is 16.7 Å². The largest absolute Gasteiger partial charge is 0.508 e. The van der Waals surface area contributed by atoms with Crippen LogP contribution in [-0.4, -0.2) is 35.3 Å². The highest BCUT2D eigenvalue weighted by molar-refractivity contribution is 6.07. The van der Waals surface area contributed by atoms with Crippen molar-refractivity contribution < 1.29 is 19.4 Å². The second kappa shape index (κ2) is 5.70. The van der Waals surface area contributed by atoms with Crippen LogP contribution >= 0.6 is 0 Å². The molecule has 106 valence electrons. The average molecular weight is 278 g/mol. The first-order chi connectivity index (χ1) is 9.56. The molecular formula is C13H14N2O5. The van der Waals surface area contributed by atoms with Crippen molar-refractivity contribution in [1.29, 1.82) is 0 Å². The Morgan fingerprint density at radius 3 is 2.90 bits per heavy atom. The SMILES string of the molecule is Cc1oc2ccc(O)cc2c1C(=O)N[C@@H](CO)CN=O. The summed E-state index contributed by atoms with van der Waals surface area (Å²) < 4.78 is 5.43. The fourth-order valence-corrected chi connectivity index (χ4v) is 1.99. The molecule has 3 N–H and O–H groups in total. The van der Waals surface area contributed by atoms with Gasteiger partial charge in [0.2, 0.25) is 0 Å². The van der Waals surface area contributed by atoms with Gasteiger partial charge in [-0.25, -0.2) is 0 Å². The summed E-state index contributed by atoms with van der Waals surface area (Å²) in [7, 11) is 0. The van der Waals surface area contributed by atoms with E-state index in [9.17, 15) is 14.8 Å². The number of rotatable bonds is 5. The van der Waals surface area contributed by atoms with E-state index in [4.69, 9.17) is 9.52 Å². The summed E-state index contributed by atoms with van der Waals surface area (Å²) in [5, 5.41) is 24.2. The van der Waals surface area contributed by atoms with Gasteiger partial charge in [-0.3, -0.25) is 4.79 Å². The molecule has 0 saturated heterocycles. The van der Waals surface area contributed by atoms with Gasteiger partial charge in [0.05, 0.1) is 18.2 Å². The van der Waals surface area contributed by atoms with Crippen LogP contribution in [0.25, 0.3) is 11.0 Å². The lowest BCUT2D eigenvalue weighted by molar-refractivity contribution is 0.0919. The fourth-order valence-electron chi connectivity index (χ4n) is 1.99. The lowest BCUT2D eigenvalue weighted by Gasteiger charge is -2.12. The van der Waals surface area contributed by atoms with Gasteiger partial charge in [-0.05, 0) is 25.1 Å². The topological polar surface area (TPSA) is 112 Å². The van der Waals surface area contributed by atoms with Gasteiger partial charge in [-0.15, -0.1) is 0 Å². The minimum atomic E-state index is -0.748. The van der Waals surface area contributed by atoms with E-state index in [-0.39, 0.29) is 17.9 Å². The Morgan fingerprint density at radius 1 is 1.50 bits per heavy atom. The molecule has 1 amide bonds. The van der Waals surface area contributed by atoms with Crippen LogP contribution in [0.1, 0.15) is 16.1 Å². The van der Waals surface area contributed by atoms with E-state index in [1.807, 2.05) is 0 Å². The maximum atomic E-state index is 12.2. The molecule has 7 nitrogen and oxygen atoms in total. The van der Waals surface area contributed by atoms with Gasteiger partial charge >= 0.3 is 0 Å². The third-order valence-corrected chi connectivity index (χ3v) is 2.93. The zero-order chi connectivity index (χ0) is 14.7. The molecule has 0 unspecified atom stereocenters. The normalized spacial score (nSPS) is 12.3. The Kier molecular flexibility index (Phi) is 3.99. The van der Waals surface area contributed by atoms with Crippen molar-refractivity contribution in [2.24, 2.45) is 5.18 Å². The van der Waals surface area contributed by atoms with E-state index in [1.165, 1.54) is 12.1 Å². The number of benzene rings is 1. The molecule has 1 atom stereocenters. The molecule has 1 heterocycles. The predicted octanol–water partition coefficient (Wildman–Crippen LogP) is 1.30. The van der Waals surface area contributed by atoms with Crippen LogP contribution in [-0.2, 0) is 0 Å². The summed E-state index contributed by atoms with van der Waals surface area (Å²) in [6.45, 7) is 1.01. The summed E-state index contributed by atoms with van der Waals surface area (Å²) in [4.78, 5) is 22.4. The summed E-state index contributed by atoms with van der Waals surface area (Å²) in [5.74, 6) is -0.0889. The molecule has 1 aromatic heterocycles. The lowest BCUT2D eigenvalue weighted by atomic mass is 10.1. The zero-order valence-electron chi connectivity index (χ0n) is 10.8.